The first kappa shape index (κ1) is 69.9. The molecule has 0 bridgehead atoms. The van der Waals surface area contributed by atoms with Crippen LogP contribution in [0.5, 0.6) is 0 Å². The summed E-state index contributed by atoms with van der Waals surface area (Å²) >= 11 is 0. The monoisotopic (exact) mass is 1030 g/mol. The Morgan fingerprint density at radius 3 is 1.29 bits per heavy atom. The number of aliphatic hydroxyl groups excluding tert-OH is 1. The number of likely N-dealkylation sites (N-methyl/N-ethyl adjacent to an activating group) is 1. The number of rotatable bonds is 55. The van der Waals surface area contributed by atoms with Gasteiger partial charge < -0.3 is 28.8 Å². The Kier molecular flexibility index (Phi) is 52.2. The van der Waals surface area contributed by atoms with Crippen molar-refractivity contribution in [1.82, 2.24) is 5.32 Å². The van der Waals surface area contributed by atoms with Crippen LogP contribution in [0.15, 0.2) is 72.9 Å². The van der Waals surface area contributed by atoms with Crippen LogP contribution < -0.4 is 10.2 Å². The lowest BCUT2D eigenvalue weighted by atomic mass is 10.0. The highest BCUT2D eigenvalue weighted by molar-refractivity contribution is 7.45. The number of phosphoric ester groups is 1. The molecule has 0 saturated heterocycles. The number of nitrogens with zero attached hydrogens (tertiary/aromatic N) is 1. The molecule has 0 aliphatic heterocycles. The van der Waals surface area contributed by atoms with Crippen LogP contribution in [0.25, 0.3) is 0 Å². The Balaban J connectivity index is 4.18. The molecule has 3 unspecified atom stereocenters. The molecule has 0 aromatic heterocycles. The molecule has 0 saturated carbocycles. The first-order valence-corrected chi connectivity index (χ1v) is 31.8. The molecule has 0 rings (SSSR count). The summed E-state index contributed by atoms with van der Waals surface area (Å²) < 4.78 is 23.4. The second-order valence-electron chi connectivity index (χ2n) is 21.7. The number of phosphoric acid groups is 1. The van der Waals surface area contributed by atoms with Gasteiger partial charge in [0.25, 0.3) is 7.82 Å². The van der Waals surface area contributed by atoms with Crippen molar-refractivity contribution in [2.45, 2.75) is 283 Å². The maximum absolute atomic E-state index is 13.0. The highest BCUT2D eigenvalue weighted by Gasteiger charge is 2.23. The van der Waals surface area contributed by atoms with Crippen molar-refractivity contribution >= 4 is 13.7 Å². The molecule has 8 nitrogen and oxygen atoms in total. The topological polar surface area (TPSA) is 108 Å². The number of quaternary nitrogens is 1. The van der Waals surface area contributed by atoms with Crippen LogP contribution in [0.3, 0.4) is 0 Å². The fraction of sp³-hybridized carbons (Fsp3) is 0.794. The van der Waals surface area contributed by atoms with Gasteiger partial charge >= 0.3 is 0 Å². The summed E-state index contributed by atoms with van der Waals surface area (Å²) in [7, 11) is 1.25. The summed E-state index contributed by atoms with van der Waals surface area (Å²) in [5.74, 6) is -0.206. The number of amides is 1. The van der Waals surface area contributed by atoms with Gasteiger partial charge in [0, 0.05) is 6.42 Å². The molecule has 0 radical (unpaired) electrons. The van der Waals surface area contributed by atoms with Crippen molar-refractivity contribution in [1.29, 1.82) is 0 Å². The molecule has 3 atom stereocenters. The van der Waals surface area contributed by atoms with Crippen molar-refractivity contribution < 1.29 is 32.9 Å². The highest BCUT2D eigenvalue weighted by atomic mass is 31.2. The summed E-state index contributed by atoms with van der Waals surface area (Å²) in [6.07, 6.45) is 74.2. The molecule has 1 amide bonds. The van der Waals surface area contributed by atoms with Crippen molar-refractivity contribution in [2.75, 3.05) is 40.9 Å². The smallest absolute Gasteiger partial charge is 0.268 e. The third kappa shape index (κ3) is 55.7. The maximum Gasteiger partial charge on any atom is 0.268 e. The van der Waals surface area contributed by atoms with Gasteiger partial charge in [-0.2, -0.15) is 0 Å². The van der Waals surface area contributed by atoms with Gasteiger partial charge in [0.05, 0.1) is 39.9 Å². The zero-order valence-electron chi connectivity index (χ0n) is 47.9. The van der Waals surface area contributed by atoms with E-state index < -0.39 is 26.6 Å². The summed E-state index contributed by atoms with van der Waals surface area (Å²) in [4.78, 5) is 25.5. The molecule has 2 N–H and O–H groups in total. The lowest BCUT2D eigenvalue weighted by Crippen LogP contribution is -2.45. The van der Waals surface area contributed by atoms with Gasteiger partial charge in [-0.3, -0.25) is 9.36 Å². The van der Waals surface area contributed by atoms with Crippen LogP contribution >= 0.6 is 7.82 Å². The van der Waals surface area contributed by atoms with Crippen LogP contribution in [-0.2, 0) is 18.4 Å². The SMILES string of the molecule is CC/C=C\C/C=C\C/C=C\C/C=C\CCCCCCCCCCCCCCCCCCC(=O)NC(COP(=O)([O-])OCC[N+](C)(C)C)C(O)/C=C/CC/C=C/CCCCCCCCCCCCCCCCC. The van der Waals surface area contributed by atoms with E-state index in [4.69, 9.17) is 9.05 Å². The van der Waals surface area contributed by atoms with Crippen molar-refractivity contribution in [3.05, 3.63) is 72.9 Å². The summed E-state index contributed by atoms with van der Waals surface area (Å²) in [5, 5.41) is 13.9. The first-order chi connectivity index (χ1) is 35.0. The first-order valence-electron chi connectivity index (χ1n) is 30.3. The highest BCUT2D eigenvalue weighted by Crippen LogP contribution is 2.38. The minimum atomic E-state index is -4.61. The Morgan fingerprint density at radius 1 is 0.500 bits per heavy atom. The minimum Gasteiger partial charge on any atom is -0.756 e. The van der Waals surface area contributed by atoms with Crippen molar-refractivity contribution in [3.8, 4) is 0 Å². The summed E-state index contributed by atoms with van der Waals surface area (Å²) in [6.45, 7) is 4.54. The standard InChI is InChI=1S/C63H117N2O6P/c1-6-8-10-12-14-16-18-20-22-24-26-28-29-30-31-32-33-34-35-37-39-41-43-45-47-49-51-53-55-57-63(67)64-61(60-71-72(68,69)70-59-58-65(3,4)5)62(66)56-54-52-50-48-46-44-42-40-38-36-27-25-23-21-19-17-15-13-11-9-7-2/h8,10,14,16,20,22,26,28,46,48,54,56,61-62,66H,6-7,9,11-13,15,17-19,21,23-25,27,29-45,47,49-53,55,57-60H2,1-5H3,(H-,64,67,68,69)/b10-8-,16-14-,22-20-,28-26-,48-46+,56-54+. The zero-order chi connectivity index (χ0) is 52.7. The maximum atomic E-state index is 13.0. The number of unbranched alkanes of at least 4 members (excludes halogenated alkanes) is 32. The van der Waals surface area contributed by atoms with Gasteiger partial charge in [0.2, 0.25) is 5.91 Å². The fourth-order valence-corrected chi connectivity index (χ4v) is 9.41. The van der Waals surface area contributed by atoms with Gasteiger partial charge in [0.15, 0.2) is 0 Å². The Hall–Kier alpha value is -2.06. The molecule has 0 spiro atoms. The molecule has 9 heteroatoms. The van der Waals surface area contributed by atoms with Gasteiger partial charge in [-0.05, 0) is 70.6 Å². The van der Waals surface area contributed by atoms with Gasteiger partial charge in [-0.15, -0.1) is 0 Å². The molecular weight excluding hydrogens is 912 g/mol. The van der Waals surface area contributed by atoms with E-state index in [0.29, 0.717) is 17.4 Å². The Labute approximate surface area is 446 Å². The average Bonchev–Trinajstić information content (AvgIpc) is 3.34. The third-order valence-electron chi connectivity index (χ3n) is 13.4. The van der Waals surface area contributed by atoms with E-state index in [1.807, 2.05) is 27.2 Å². The van der Waals surface area contributed by atoms with E-state index >= 15 is 0 Å². The number of carbonyl (C=O) groups excluding carboxylic acids is 1. The molecule has 0 aromatic carbocycles. The van der Waals surface area contributed by atoms with Gasteiger partial charge in [-0.1, -0.05) is 267 Å². The number of aliphatic hydroxyl groups is 1. The van der Waals surface area contributed by atoms with Crippen LogP contribution in [-0.4, -0.2) is 68.5 Å². The van der Waals surface area contributed by atoms with Crippen LogP contribution in [0, 0.1) is 0 Å². The lowest BCUT2D eigenvalue weighted by Gasteiger charge is -2.29. The Morgan fingerprint density at radius 2 is 0.861 bits per heavy atom. The van der Waals surface area contributed by atoms with E-state index in [-0.39, 0.29) is 12.5 Å². The van der Waals surface area contributed by atoms with Crippen molar-refractivity contribution in [3.63, 3.8) is 0 Å². The number of hydrogen-bond donors (Lipinski definition) is 2. The van der Waals surface area contributed by atoms with E-state index in [1.165, 1.54) is 186 Å². The number of carbonyl (C=O) groups is 1. The summed E-state index contributed by atoms with van der Waals surface area (Å²) in [6, 6.07) is -0.906. The second-order valence-corrected chi connectivity index (χ2v) is 23.1. The third-order valence-corrected chi connectivity index (χ3v) is 14.4. The van der Waals surface area contributed by atoms with Crippen LogP contribution in [0.2, 0.25) is 0 Å². The molecule has 0 aromatic rings. The molecule has 0 fully saturated rings. The molecule has 0 heterocycles. The fourth-order valence-electron chi connectivity index (χ4n) is 8.69. The zero-order valence-corrected chi connectivity index (χ0v) is 48.8. The molecule has 0 aliphatic rings. The molecule has 72 heavy (non-hydrogen) atoms. The largest absolute Gasteiger partial charge is 0.756 e. The quantitative estimate of drug-likeness (QED) is 0.0272. The van der Waals surface area contributed by atoms with Crippen LogP contribution in [0.4, 0.5) is 0 Å². The number of nitrogens with one attached hydrogen (secondary N) is 1. The van der Waals surface area contributed by atoms with Crippen LogP contribution in [0.1, 0.15) is 271 Å². The number of hydrogen-bond acceptors (Lipinski definition) is 6. The predicted octanol–water partition coefficient (Wildman–Crippen LogP) is 18.0. The lowest BCUT2D eigenvalue weighted by molar-refractivity contribution is -0.870. The molecular formula is C63H117N2O6P. The minimum absolute atomic E-state index is 0.00763. The average molecular weight is 1030 g/mol. The predicted molar refractivity (Wildman–Crippen MR) is 311 cm³/mol. The van der Waals surface area contributed by atoms with E-state index in [2.05, 4.69) is 79.9 Å². The molecule has 0 aliphatic carbocycles. The van der Waals surface area contributed by atoms with E-state index in [9.17, 15) is 19.4 Å². The van der Waals surface area contributed by atoms with Crippen molar-refractivity contribution in [2.24, 2.45) is 0 Å². The second kappa shape index (κ2) is 53.8. The normalized spacial score (nSPS) is 14.4. The van der Waals surface area contributed by atoms with Gasteiger partial charge in [-0.25, -0.2) is 0 Å². The number of allylic oxidation sites excluding steroid dienone is 11. The molecule has 420 valence electrons. The Bertz CT molecular complexity index is 1400. The summed E-state index contributed by atoms with van der Waals surface area (Å²) in [5.41, 5.74) is 0. The van der Waals surface area contributed by atoms with E-state index in [0.717, 1.165) is 64.2 Å². The van der Waals surface area contributed by atoms with E-state index in [1.54, 1.807) is 6.08 Å². The van der Waals surface area contributed by atoms with Gasteiger partial charge in [0.1, 0.15) is 13.2 Å².